The molecule has 4 aliphatic rings. The van der Waals surface area contributed by atoms with Crippen molar-refractivity contribution in [3.05, 3.63) is 23.3 Å². The van der Waals surface area contributed by atoms with Crippen molar-refractivity contribution in [3.63, 3.8) is 0 Å². The van der Waals surface area contributed by atoms with E-state index in [1.54, 1.807) is 5.57 Å². The van der Waals surface area contributed by atoms with Crippen LogP contribution in [0, 0.1) is 28.6 Å². The first-order valence-corrected chi connectivity index (χ1v) is 9.50. The molecule has 0 heterocycles. The highest BCUT2D eigenvalue weighted by Gasteiger charge is 2.55. The molecule has 0 heteroatoms. The van der Waals surface area contributed by atoms with Crippen molar-refractivity contribution < 1.29 is 0 Å². The number of allylic oxidation sites excluding steroid dienone is 4. The summed E-state index contributed by atoms with van der Waals surface area (Å²) < 4.78 is 0. The Labute approximate surface area is 131 Å². The van der Waals surface area contributed by atoms with Crippen LogP contribution in [0.2, 0.25) is 0 Å². The normalized spacial score (nSPS) is 48.8. The molecular formula is C21H32. The minimum atomic E-state index is 0.522. The summed E-state index contributed by atoms with van der Waals surface area (Å²) >= 11 is 0. The van der Waals surface area contributed by atoms with Crippen LogP contribution in [0.5, 0.6) is 0 Å². The predicted molar refractivity (Wildman–Crippen MR) is 90.1 cm³/mol. The minimum Gasteiger partial charge on any atom is -0.0651 e. The third kappa shape index (κ3) is 1.80. The molecule has 0 spiro atoms. The summed E-state index contributed by atoms with van der Waals surface area (Å²) in [5.74, 6) is 2.76. The molecular weight excluding hydrogens is 252 g/mol. The average Bonchev–Trinajstić information content (AvgIpc) is 2.83. The molecule has 5 atom stereocenters. The van der Waals surface area contributed by atoms with Crippen molar-refractivity contribution in [1.82, 2.24) is 0 Å². The van der Waals surface area contributed by atoms with Crippen LogP contribution in [0.3, 0.4) is 0 Å². The average molecular weight is 284 g/mol. The summed E-state index contributed by atoms with van der Waals surface area (Å²) in [5, 5.41) is 0. The van der Waals surface area contributed by atoms with Gasteiger partial charge in [0.1, 0.15) is 0 Å². The zero-order valence-electron chi connectivity index (χ0n) is 14.3. The maximum absolute atomic E-state index is 2.62. The summed E-state index contributed by atoms with van der Waals surface area (Å²) in [4.78, 5) is 0. The summed E-state index contributed by atoms with van der Waals surface area (Å²) in [5.41, 5.74) is 4.80. The van der Waals surface area contributed by atoms with Gasteiger partial charge in [0.25, 0.3) is 0 Å². The molecule has 116 valence electrons. The summed E-state index contributed by atoms with van der Waals surface area (Å²) in [6.07, 6.45) is 18.1. The predicted octanol–water partition coefficient (Wildman–Crippen LogP) is 6.29. The van der Waals surface area contributed by atoms with E-state index >= 15 is 0 Å². The van der Waals surface area contributed by atoms with E-state index in [9.17, 15) is 0 Å². The third-order valence-corrected chi connectivity index (χ3v) is 8.17. The van der Waals surface area contributed by atoms with Gasteiger partial charge in [-0.3, -0.25) is 0 Å². The molecule has 0 nitrogen and oxygen atoms in total. The fourth-order valence-electron chi connectivity index (χ4n) is 6.81. The van der Waals surface area contributed by atoms with Crippen molar-refractivity contribution in [1.29, 1.82) is 0 Å². The monoisotopic (exact) mass is 284 g/mol. The van der Waals surface area contributed by atoms with Crippen LogP contribution in [0.15, 0.2) is 23.3 Å². The Kier molecular flexibility index (Phi) is 3.18. The maximum atomic E-state index is 2.62. The molecule has 0 radical (unpaired) electrons. The molecule has 0 saturated heterocycles. The topological polar surface area (TPSA) is 0 Å². The second-order valence-electron chi connectivity index (χ2n) is 8.82. The molecule has 0 aromatic rings. The minimum absolute atomic E-state index is 0.522. The lowest BCUT2D eigenvalue weighted by molar-refractivity contribution is 0.0681. The van der Waals surface area contributed by atoms with Crippen molar-refractivity contribution in [3.8, 4) is 0 Å². The van der Waals surface area contributed by atoms with Gasteiger partial charge in [-0.05, 0) is 73.5 Å². The lowest BCUT2D eigenvalue weighted by atomic mass is 9.50. The van der Waals surface area contributed by atoms with Crippen LogP contribution < -0.4 is 0 Å². The molecule has 0 unspecified atom stereocenters. The molecule has 0 N–H and O–H groups in total. The Morgan fingerprint density at radius 2 is 1.86 bits per heavy atom. The van der Waals surface area contributed by atoms with Gasteiger partial charge in [0.05, 0.1) is 0 Å². The van der Waals surface area contributed by atoms with Crippen LogP contribution >= 0.6 is 0 Å². The van der Waals surface area contributed by atoms with Crippen LogP contribution in [0.25, 0.3) is 0 Å². The van der Waals surface area contributed by atoms with Crippen LogP contribution in [-0.4, -0.2) is 0 Å². The van der Waals surface area contributed by atoms with Gasteiger partial charge in [0.2, 0.25) is 0 Å². The zero-order chi connectivity index (χ0) is 14.7. The first-order chi connectivity index (χ1) is 10.1. The maximum Gasteiger partial charge on any atom is -0.00476 e. The molecule has 4 rings (SSSR count). The molecule has 0 bridgehead atoms. The van der Waals surface area contributed by atoms with Crippen LogP contribution in [0.4, 0.5) is 0 Å². The van der Waals surface area contributed by atoms with E-state index in [0.717, 1.165) is 17.8 Å². The van der Waals surface area contributed by atoms with Gasteiger partial charge in [0, 0.05) is 0 Å². The van der Waals surface area contributed by atoms with Gasteiger partial charge >= 0.3 is 0 Å². The Balaban J connectivity index is 1.73. The Hall–Kier alpha value is -0.520. The zero-order valence-corrected chi connectivity index (χ0v) is 14.3. The number of hydrogen-bond donors (Lipinski definition) is 0. The Morgan fingerprint density at radius 1 is 1.00 bits per heavy atom. The molecule has 3 saturated carbocycles. The van der Waals surface area contributed by atoms with Crippen molar-refractivity contribution >= 4 is 0 Å². The highest BCUT2D eigenvalue weighted by molar-refractivity contribution is 5.38. The van der Waals surface area contributed by atoms with E-state index in [0.29, 0.717) is 10.8 Å². The van der Waals surface area contributed by atoms with E-state index in [-0.39, 0.29) is 0 Å². The van der Waals surface area contributed by atoms with Gasteiger partial charge in [-0.15, -0.1) is 0 Å². The lowest BCUT2D eigenvalue weighted by Gasteiger charge is -2.54. The standard InChI is InChI=1S/C21H32/c1-4-15-9-11-18-17-10-8-16-7-5-6-13-20(16,2)19(17)12-14-21(15,18)3/h8,10,15,18-19H,4-7,9,11-14H2,1-3H3/t15-,18-,19-,20-,21+/m0/s1. The first kappa shape index (κ1) is 14.1. The largest absolute Gasteiger partial charge is 0.0651 e. The lowest BCUT2D eigenvalue weighted by Crippen LogP contribution is -2.44. The third-order valence-electron chi connectivity index (χ3n) is 8.17. The van der Waals surface area contributed by atoms with Gasteiger partial charge in [-0.1, -0.05) is 56.9 Å². The molecule has 4 aliphatic carbocycles. The highest BCUT2D eigenvalue weighted by atomic mass is 14.6. The summed E-state index contributed by atoms with van der Waals surface area (Å²) in [7, 11) is 0. The fraction of sp³-hybridized carbons (Fsp3) is 0.810. The van der Waals surface area contributed by atoms with E-state index in [4.69, 9.17) is 0 Å². The van der Waals surface area contributed by atoms with Crippen molar-refractivity contribution in [2.24, 2.45) is 28.6 Å². The highest BCUT2D eigenvalue weighted by Crippen LogP contribution is 2.65. The molecule has 0 aromatic heterocycles. The second kappa shape index (κ2) is 4.74. The Bertz CT molecular complexity index is 496. The van der Waals surface area contributed by atoms with Gasteiger partial charge in [-0.25, -0.2) is 0 Å². The van der Waals surface area contributed by atoms with Gasteiger partial charge in [-0.2, -0.15) is 0 Å². The summed E-state index contributed by atoms with van der Waals surface area (Å²) in [6, 6.07) is 0. The van der Waals surface area contributed by atoms with Gasteiger partial charge in [0.15, 0.2) is 0 Å². The molecule has 0 aromatic carbocycles. The SMILES string of the molecule is CC[C@H]1CC[C@H]2C3=CC=C4CCCC[C@]4(C)[C@H]3CC[C@]12C. The molecule has 3 fully saturated rings. The summed E-state index contributed by atoms with van der Waals surface area (Å²) in [6.45, 7) is 7.64. The van der Waals surface area contributed by atoms with Crippen LogP contribution in [-0.2, 0) is 0 Å². The first-order valence-electron chi connectivity index (χ1n) is 9.50. The number of fused-ring (bicyclic) bond motifs is 5. The van der Waals surface area contributed by atoms with Crippen molar-refractivity contribution in [2.45, 2.75) is 78.6 Å². The number of hydrogen-bond acceptors (Lipinski definition) is 0. The second-order valence-corrected chi connectivity index (χ2v) is 8.82. The van der Waals surface area contributed by atoms with E-state index in [1.165, 1.54) is 57.8 Å². The fourth-order valence-corrected chi connectivity index (χ4v) is 6.81. The Morgan fingerprint density at radius 3 is 2.67 bits per heavy atom. The van der Waals surface area contributed by atoms with Crippen molar-refractivity contribution in [2.75, 3.05) is 0 Å². The molecule has 0 aliphatic heterocycles. The molecule has 21 heavy (non-hydrogen) atoms. The van der Waals surface area contributed by atoms with Crippen LogP contribution in [0.1, 0.15) is 78.6 Å². The quantitative estimate of drug-likeness (QED) is 0.531. The van der Waals surface area contributed by atoms with E-state index in [1.807, 2.05) is 5.57 Å². The molecule has 0 amide bonds. The smallest absolute Gasteiger partial charge is 0.00476 e. The van der Waals surface area contributed by atoms with E-state index in [2.05, 4.69) is 32.9 Å². The number of rotatable bonds is 1. The van der Waals surface area contributed by atoms with E-state index < -0.39 is 0 Å². The van der Waals surface area contributed by atoms with Gasteiger partial charge < -0.3 is 0 Å².